The van der Waals surface area contributed by atoms with Crippen LogP contribution in [0.15, 0.2) is 59.5 Å². The Bertz CT molecular complexity index is 1070. The van der Waals surface area contributed by atoms with E-state index in [2.05, 4.69) is 25.3 Å². The average Bonchev–Trinajstić information content (AvgIpc) is 2.63. The minimum Gasteiger partial charge on any atom is -0.354 e. The van der Waals surface area contributed by atoms with Crippen molar-refractivity contribution in [1.82, 2.24) is 9.97 Å². The van der Waals surface area contributed by atoms with Gasteiger partial charge in [0.15, 0.2) is 0 Å². The number of hydrogen-bond acceptors (Lipinski definition) is 6. The van der Waals surface area contributed by atoms with Crippen molar-refractivity contribution in [2.24, 2.45) is 0 Å². The first-order chi connectivity index (χ1) is 13.4. The quantitative estimate of drug-likeness (QED) is 0.556. The summed E-state index contributed by atoms with van der Waals surface area (Å²) in [5.41, 5.74) is 1.91. The molecule has 0 aliphatic heterocycles. The molecule has 1 aromatic heterocycles. The second-order valence-corrected chi connectivity index (χ2v) is 7.70. The summed E-state index contributed by atoms with van der Waals surface area (Å²) in [4.78, 5) is 8.52. The molecule has 0 atom stereocenters. The van der Waals surface area contributed by atoms with Crippen LogP contribution < -0.4 is 15.4 Å². The first-order valence-electron chi connectivity index (χ1n) is 8.61. The number of nitrogens with one attached hydrogen (secondary N) is 3. The molecule has 28 heavy (non-hydrogen) atoms. The standard InChI is InChI=1S/C19H20FN5O2S/c1-3-21-19-22-13(2)11-18(24-19)23-15-7-9-16(10-8-15)25-28(26,27)17-6-4-5-14(20)12-17/h4-12,25H,3H2,1-2H3,(H2,21,22,23,24). The fraction of sp³-hybridized carbons (Fsp3) is 0.158. The number of nitrogens with zero attached hydrogens (tertiary/aromatic N) is 2. The molecule has 0 amide bonds. The monoisotopic (exact) mass is 401 g/mol. The lowest BCUT2D eigenvalue weighted by Gasteiger charge is -2.11. The van der Waals surface area contributed by atoms with Crippen LogP contribution in [0, 0.1) is 12.7 Å². The first-order valence-corrected chi connectivity index (χ1v) is 10.1. The highest BCUT2D eigenvalue weighted by Gasteiger charge is 2.14. The lowest BCUT2D eigenvalue weighted by Crippen LogP contribution is -2.13. The molecule has 3 aromatic rings. The maximum absolute atomic E-state index is 13.3. The van der Waals surface area contributed by atoms with Crippen LogP contribution in [0.1, 0.15) is 12.6 Å². The topological polar surface area (TPSA) is 96.0 Å². The van der Waals surface area contributed by atoms with Gasteiger partial charge in [-0.15, -0.1) is 0 Å². The lowest BCUT2D eigenvalue weighted by molar-refractivity contribution is 0.595. The minimum absolute atomic E-state index is 0.137. The second kappa shape index (κ2) is 8.22. The van der Waals surface area contributed by atoms with E-state index in [9.17, 15) is 12.8 Å². The van der Waals surface area contributed by atoms with Crippen molar-refractivity contribution in [3.05, 3.63) is 66.1 Å². The van der Waals surface area contributed by atoms with E-state index in [0.29, 0.717) is 24.0 Å². The number of halogens is 1. The van der Waals surface area contributed by atoms with Crippen LogP contribution in [0.3, 0.4) is 0 Å². The molecular formula is C19H20FN5O2S. The molecular weight excluding hydrogens is 381 g/mol. The van der Waals surface area contributed by atoms with Crippen LogP contribution in [0.5, 0.6) is 0 Å². The van der Waals surface area contributed by atoms with Gasteiger partial charge in [-0.25, -0.2) is 17.8 Å². The molecule has 2 aromatic carbocycles. The highest BCUT2D eigenvalue weighted by Crippen LogP contribution is 2.21. The molecule has 0 saturated heterocycles. The summed E-state index contributed by atoms with van der Waals surface area (Å²) in [6.45, 7) is 4.55. The largest absolute Gasteiger partial charge is 0.354 e. The van der Waals surface area contributed by atoms with Gasteiger partial charge in [-0.3, -0.25) is 4.72 Å². The summed E-state index contributed by atoms with van der Waals surface area (Å²) in [6.07, 6.45) is 0. The zero-order chi connectivity index (χ0) is 20.1. The van der Waals surface area contributed by atoms with Gasteiger partial charge in [-0.2, -0.15) is 4.98 Å². The summed E-state index contributed by atoms with van der Waals surface area (Å²) >= 11 is 0. The van der Waals surface area contributed by atoms with E-state index in [1.807, 2.05) is 13.8 Å². The number of anilines is 4. The maximum atomic E-state index is 13.3. The van der Waals surface area contributed by atoms with Crippen LogP contribution in [0.2, 0.25) is 0 Å². The van der Waals surface area contributed by atoms with Gasteiger partial charge in [0.05, 0.1) is 4.90 Å². The number of aromatic nitrogens is 2. The zero-order valence-corrected chi connectivity index (χ0v) is 16.2. The Morgan fingerprint density at radius 2 is 1.71 bits per heavy atom. The van der Waals surface area contributed by atoms with Gasteiger partial charge in [0.1, 0.15) is 11.6 Å². The van der Waals surface area contributed by atoms with Crippen molar-refractivity contribution < 1.29 is 12.8 Å². The van der Waals surface area contributed by atoms with Gasteiger partial charge in [0.2, 0.25) is 5.95 Å². The van der Waals surface area contributed by atoms with Gasteiger partial charge in [-0.05, 0) is 56.3 Å². The zero-order valence-electron chi connectivity index (χ0n) is 15.4. The van der Waals surface area contributed by atoms with E-state index in [0.717, 1.165) is 17.4 Å². The SMILES string of the molecule is CCNc1nc(C)cc(Nc2ccc(NS(=O)(=O)c3cccc(F)c3)cc2)n1. The molecule has 146 valence electrons. The first kappa shape index (κ1) is 19.6. The molecule has 3 N–H and O–H groups in total. The molecule has 7 nitrogen and oxygen atoms in total. The molecule has 0 spiro atoms. The van der Waals surface area contributed by atoms with E-state index in [4.69, 9.17) is 0 Å². The van der Waals surface area contributed by atoms with Crippen LogP contribution in [-0.2, 0) is 10.0 Å². The van der Waals surface area contributed by atoms with E-state index in [1.54, 1.807) is 30.3 Å². The summed E-state index contributed by atoms with van der Waals surface area (Å²) in [5.74, 6) is 0.542. The summed E-state index contributed by atoms with van der Waals surface area (Å²) in [6, 6.07) is 13.3. The highest BCUT2D eigenvalue weighted by atomic mass is 32.2. The van der Waals surface area contributed by atoms with Gasteiger partial charge in [-0.1, -0.05) is 6.07 Å². The van der Waals surface area contributed by atoms with Gasteiger partial charge in [0, 0.05) is 29.7 Å². The fourth-order valence-corrected chi connectivity index (χ4v) is 3.58. The number of hydrogen-bond donors (Lipinski definition) is 3. The van der Waals surface area contributed by atoms with E-state index in [-0.39, 0.29) is 4.90 Å². The third-order valence-electron chi connectivity index (χ3n) is 3.71. The third kappa shape index (κ3) is 4.95. The molecule has 9 heteroatoms. The third-order valence-corrected chi connectivity index (χ3v) is 5.08. The van der Waals surface area contributed by atoms with Crippen molar-refractivity contribution in [2.75, 3.05) is 21.9 Å². The molecule has 0 aliphatic carbocycles. The Hall–Kier alpha value is -3.20. The highest BCUT2D eigenvalue weighted by molar-refractivity contribution is 7.92. The normalized spacial score (nSPS) is 11.1. The summed E-state index contributed by atoms with van der Waals surface area (Å²) < 4.78 is 40.4. The molecule has 0 aliphatic rings. The number of rotatable bonds is 7. The number of aryl methyl sites for hydroxylation is 1. The average molecular weight is 401 g/mol. The second-order valence-electron chi connectivity index (χ2n) is 6.01. The van der Waals surface area contributed by atoms with Gasteiger partial charge < -0.3 is 10.6 Å². The van der Waals surface area contributed by atoms with Crippen LogP contribution in [0.25, 0.3) is 0 Å². The Labute approximate surface area is 163 Å². The van der Waals surface area contributed by atoms with Crippen molar-refractivity contribution in [2.45, 2.75) is 18.7 Å². The van der Waals surface area contributed by atoms with Gasteiger partial charge >= 0.3 is 0 Å². The van der Waals surface area contributed by atoms with Crippen LogP contribution in [0.4, 0.5) is 27.5 Å². The molecule has 0 unspecified atom stereocenters. The van der Waals surface area contributed by atoms with E-state index >= 15 is 0 Å². The van der Waals surface area contributed by atoms with Crippen molar-refractivity contribution in [3.63, 3.8) is 0 Å². The molecule has 0 bridgehead atoms. The smallest absolute Gasteiger partial charge is 0.261 e. The Morgan fingerprint density at radius 1 is 1.00 bits per heavy atom. The van der Waals surface area contributed by atoms with E-state index in [1.165, 1.54) is 18.2 Å². The molecule has 3 rings (SSSR count). The maximum Gasteiger partial charge on any atom is 0.261 e. The minimum atomic E-state index is -3.86. The van der Waals surface area contributed by atoms with Crippen LogP contribution >= 0.6 is 0 Å². The Balaban J connectivity index is 1.73. The van der Waals surface area contributed by atoms with Crippen molar-refractivity contribution >= 4 is 33.2 Å². The van der Waals surface area contributed by atoms with Crippen LogP contribution in [-0.4, -0.2) is 24.9 Å². The Kier molecular flexibility index (Phi) is 5.74. The van der Waals surface area contributed by atoms with Crippen molar-refractivity contribution in [3.8, 4) is 0 Å². The molecule has 0 saturated carbocycles. The number of benzene rings is 2. The lowest BCUT2D eigenvalue weighted by atomic mass is 10.3. The molecule has 0 fully saturated rings. The predicted octanol–water partition coefficient (Wildman–Crippen LogP) is 3.90. The summed E-state index contributed by atoms with van der Waals surface area (Å²) in [7, 11) is -3.86. The molecule has 1 heterocycles. The molecule has 0 radical (unpaired) electrons. The fourth-order valence-electron chi connectivity index (χ4n) is 2.49. The van der Waals surface area contributed by atoms with E-state index < -0.39 is 15.8 Å². The van der Waals surface area contributed by atoms with Crippen molar-refractivity contribution in [1.29, 1.82) is 0 Å². The predicted molar refractivity (Wildman–Crippen MR) is 108 cm³/mol. The number of sulfonamides is 1. The van der Waals surface area contributed by atoms with Gasteiger partial charge in [0.25, 0.3) is 10.0 Å². The Morgan fingerprint density at radius 3 is 2.39 bits per heavy atom. The summed E-state index contributed by atoms with van der Waals surface area (Å²) in [5, 5.41) is 6.22.